The Labute approximate surface area is 146 Å². The average Bonchev–Trinajstić information content (AvgIpc) is 3.06. The molecule has 3 rings (SSSR count). The topological polar surface area (TPSA) is 107 Å². The Morgan fingerprint density at radius 3 is 2.84 bits per heavy atom. The number of ether oxygens (including phenoxy) is 1. The van der Waals surface area contributed by atoms with Crippen LogP contribution in [0.5, 0.6) is 5.75 Å². The average molecular weight is 358 g/mol. The van der Waals surface area contributed by atoms with Crippen molar-refractivity contribution in [2.45, 2.75) is 13.8 Å². The highest BCUT2D eigenvalue weighted by atomic mass is 32.1. The molecule has 0 aliphatic rings. The molecule has 8 nitrogen and oxygen atoms in total. The number of benzene rings is 2. The maximum Gasteiger partial charge on any atom is 0.311 e. The highest BCUT2D eigenvalue weighted by Gasteiger charge is 2.20. The zero-order chi connectivity index (χ0) is 18.0. The van der Waals surface area contributed by atoms with Gasteiger partial charge in [0, 0.05) is 11.6 Å². The second-order valence-electron chi connectivity index (χ2n) is 5.22. The van der Waals surface area contributed by atoms with Gasteiger partial charge in [-0.05, 0) is 37.6 Å². The molecule has 0 saturated carbocycles. The minimum absolute atomic E-state index is 0.131. The van der Waals surface area contributed by atoms with Crippen LogP contribution in [-0.4, -0.2) is 26.2 Å². The first-order valence-corrected chi connectivity index (χ1v) is 8.18. The van der Waals surface area contributed by atoms with E-state index in [2.05, 4.69) is 14.1 Å². The van der Waals surface area contributed by atoms with Crippen LogP contribution in [0, 0.1) is 17.0 Å². The van der Waals surface area contributed by atoms with Crippen LogP contribution >= 0.6 is 11.7 Å². The maximum atomic E-state index is 12.6. The number of anilines is 1. The van der Waals surface area contributed by atoms with E-state index in [0.29, 0.717) is 23.3 Å². The van der Waals surface area contributed by atoms with Crippen molar-refractivity contribution in [2.75, 3.05) is 11.9 Å². The Balaban J connectivity index is 1.95. The lowest BCUT2D eigenvalue weighted by atomic mass is 10.1. The lowest BCUT2D eigenvalue weighted by Gasteiger charge is -2.10. The second kappa shape index (κ2) is 6.81. The lowest BCUT2D eigenvalue weighted by Crippen LogP contribution is -2.13. The molecule has 1 heterocycles. The molecule has 0 bridgehead atoms. The first kappa shape index (κ1) is 16.8. The summed E-state index contributed by atoms with van der Waals surface area (Å²) in [5.74, 6) is -0.333. The van der Waals surface area contributed by atoms with Crippen LogP contribution in [0.15, 0.2) is 30.3 Å². The van der Waals surface area contributed by atoms with E-state index in [1.165, 1.54) is 18.2 Å². The standard InChI is InChI=1S/C16H14N4O4S/c1-3-24-13-7-5-10(8-12(13)20(22)23)16(21)17-14-9(2)4-6-11-15(14)19-25-18-11/h4-8H,3H2,1-2H3,(H,17,21). The van der Waals surface area contributed by atoms with E-state index in [4.69, 9.17) is 4.74 Å². The number of nitrogens with one attached hydrogen (secondary N) is 1. The third-order valence-corrected chi connectivity index (χ3v) is 4.14. The molecule has 1 aromatic heterocycles. The Morgan fingerprint density at radius 2 is 2.12 bits per heavy atom. The number of carbonyl (C=O) groups is 1. The van der Waals surface area contributed by atoms with Crippen LogP contribution in [0.1, 0.15) is 22.8 Å². The molecule has 1 amide bonds. The first-order valence-electron chi connectivity index (χ1n) is 7.45. The highest BCUT2D eigenvalue weighted by Crippen LogP contribution is 2.30. The number of rotatable bonds is 5. The van der Waals surface area contributed by atoms with Crippen molar-refractivity contribution in [1.82, 2.24) is 8.75 Å². The van der Waals surface area contributed by atoms with Crippen molar-refractivity contribution in [3.05, 3.63) is 51.6 Å². The Morgan fingerprint density at radius 1 is 1.32 bits per heavy atom. The third-order valence-electron chi connectivity index (χ3n) is 3.59. The van der Waals surface area contributed by atoms with Gasteiger partial charge >= 0.3 is 5.69 Å². The molecule has 1 N–H and O–H groups in total. The fourth-order valence-corrected chi connectivity index (χ4v) is 2.92. The SMILES string of the molecule is CCOc1ccc(C(=O)Nc2c(C)ccc3nsnc23)cc1[N+](=O)[O-]. The molecule has 0 atom stereocenters. The number of fused-ring (bicyclic) bond motifs is 1. The Kier molecular flexibility index (Phi) is 4.57. The van der Waals surface area contributed by atoms with Gasteiger partial charge in [0.1, 0.15) is 11.0 Å². The molecular weight excluding hydrogens is 344 g/mol. The van der Waals surface area contributed by atoms with E-state index in [0.717, 1.165) is 17.3 Å². The van der Waals surface area contributed by atoms with Crippen LogP contribution < -0.4 is 10.1 Å². The molecule has 0 saturated heterocycles. The Hall–Kier alpha value is -3.07. The van der Waals surface area contributed by atoms with Gasteiger partial charge < -0.3 is 10.1 Å². The zero-order valence-electron chi connectivity index (χ0n) is 13.5. The summed E-state index contributed by atoms with van der Waals surface area (Å²) in [6, 6.07) is 7.77. The Bertz CT molecular complexity index is 970. The quantitative estimate of drug-likeness (QED) is 0.552. The normalized spacial score (nSPS) is 10.6. The number of nitrogens with zero attached hydrogens (tertiary/aromatic N) is 3. The number of hydrogen-bond donors (Lipinski definition) is 1. The lowest BCUT2D eigenvalue weighted by molar-refractivity contribution is -0.385. The van der Waals surface area contributed by atoms with E-state index in [1.807, 2.05) is 19.1 Å². The van der Waals surface area contributed by atoms with Gasteiger partial charge in [0.25, 0.3) is 5.91 Å². The van der Waals surface area contributed by atoms with E-state index >= 15 is 0 Å². The van der Waals surface area contributed by atoms with Crippen molar-refractivity contribution in [3.63, 3.8) is 0 Å². The van der Waals surface area contributed by atoms with Gasteiger partial charge in [0.05, 0.1) is 28.9 Å². The smallest absolute Gasteiger partial charge is 0.311 e. The second-order valence-corrected chi connectivity index (χ2v) is 5.74. The van der Waals surface area contributed by atoms with Crippen LogP contribution in [0.4, 0.5) is 11.4 Å². The summed E-state index contributed by atoms with van der Waals surface area (Å²) in [5.41, 5.74) is 2.57. The summed E-state index contributed by atoms with van der Waals surface area (Å²) >= 11 is 1.06. The fourth-order valence-electron chi connectivity index (χ4n) is 2.37. The number of aromatic nitrogens is 2. The van der Waals surface area contributed by atoms with Gasteiger partial charge in [-0.1, -0.05) is 6.07 Å². The number of carbonyl (C=O) groups excluding carboxylic acids is 1. The summed E-state index contributed by atoms with van der Waals surface area (Å²) < 4.78 is 13.6. The minimum atomic E-state index is -0.571. The largest absolute Gasteiger partial charge is 0.487 e. The molecule has 128 valence electrons. The number of hydrogen-bond acceptors (Lipinski definition) is 7. The molecule has 0 fully saturated rings. The molecule has 0 aliphatic heterocycles. The van der Waals surface area contributed by atoms with Gasteiger partial charge in [-0.25, -0.2) is 0 Å². The van der Waals surface area contributed by atoms with E-state index in [-0.39, 0.29) is 17.0 Å². The third kappa shape index (κ3) is 3.26. The van der Waals surface area contributed by atoms with Crippen molar-refractivity contribution < 1.29 is 14.5 Å². The summed E-state index contributed by atoms with van der Waals surface area (Å²) in [6.45, 7) is 3.87. The predicted octanol–water partition coefficient (Wildman–Crippen LogP) is 3.56. The summed E-state index contributed by atoms with van der Waals surface area (Å²) in [6.07, 6.45) is 0. The van der Waals surface area contributed by atoms with E-state index in [9.17, 15) is 14.9 Å². The van der Waals surface area contributed by atoms with Gasteiger partial charge in [-0.2, -0.15) is 8.75 Å². The molecule has 2 aromatic carbocycles. The van der Waals surface area contributed by atoms with Gasteiger partial charge in [-0.15, -0.1) is 0 Å². The van der Waals surface area contributed by atoms with Gasteiger partial charge in [-0.3, -0.25) is 14.9 Å². The maximum absolute atomic E-state index is 12.6. The van der Waals surface area contributed by atoms with Crippen LogP contribution in [0.3, 0.4) is 0 Å². The van der Waals surface area contributed by atoms with Crippen LogP contribution in [-0.2, 0) is 0 Å². The molecule has 9 heteroatoms. The molecule has 0 radical (unpaired) electrons. The monoisotopic (exact) mass is 358 g/mol. The van der Waals surface area contributed by atoms with Crippen molar-refractivity contribution in [3.8, 4) is 5.75 Å². The van der Waals surface area contributed by atoms with Crippen molar-refractivity contribution >= 4 is 40.0 Å². The molecule has 0 unspecified atom stereocenters. The number of nitro benzene ring substituents is 1. The first-order chi connectivity index (χ1) is 12.0. The summed E-state index contributed by atoms with van der Waals surface area (Å²) in [7, 11) is 0. The van der Waals surface area contributed by atoms with Gasteiger partial charge in [0.2, 0.25) is 0 Å². The zero-order valence-corrected chi connectivity index (χ0v) is 14.3. The number of aryl methyl sites for hydroxylation is 1. The van der Waals surface area contributed by atoms with E-state index < -0.39 is 10.8 Å². The van der Waals surface area contributed by atoms with E-state index in [1.54, 1.807) is 6.92 Å². The molecule has 25 heavy (non-hydrogen) atoms. The number of amides is 1. The fraction of sp³-hybridized carbons (Fsp3) is 0.188. The molecule has 0 aliphatic carbocycles. The van der Waals surface area contributed by atoms with Crippen molar-refractivity contribution in [2.24, 2.45) is 0 Å². The van der Waals surface area contributed by atoms with Gasteiger partial charge in [0.15, 0.2) is 5.75 Å². The minimum Gasteiger partial charge on any atom is -0.487 e. The van der Waals surface area contributed by atoms with Crippen LogP contribution in [0.25, 0.3) is 11.0 Å². The molecule has 3 aromatic rings. The predicted molar refractivity (Wildman–Crippen MR) is 94.4 cm³/mol. The van der Waals surface area contributed by atoms with Crippen LogP contribution in [0.2, 0.25) is 0 Å². The number of nitro groups is 1. The summed E-state index contributed by atoms with van der Waals surface area (Å²) in [4.78, 5) is 23.2. The molecule has 0 spiro atoms. The van der Waals surface area contributed by atoms with Crippen molar-refractivity contribution in [1.29, 1.82) is 0 Å². The highest BCUT2D eigenvalue weighted by molar-refractivity contribution is 7.00. The molecular formula is C16H14N4O4S. The summed E-state index contributed by atoms with van der Waals surface area (Å²) in [5, 5.41) is 14.0.